The molecule has 0 aliphatic carbocycles. The van der Waals surface area contributed by atoms with Gasteiger partial charge in [0.2, 0.25) is 0 Å². The highest BCUT2D eigenvalue weighted by Crippen LogP contribution is 2.44. The summed E-state index contributed by atoms with van der Waals surface area (Å²) in [6.45, 7) is 0.945. The fourth-order valence-electron chi connectivity index (χ4n) is 3.65. The molecule has 0 atom stereocenters. The minimum atomic E-state index is -0.454. The number of nitrogens with zero attached hydrogens (tertiary/aromatic N) is 1. The van der Waals surface area contributed by atoms with Crippen LogP contribution in [0.4, 0.5) is 20.6 Å². The van der Waals surface area contributed by atoms with Gasteiger partial charge in [-0.25, -0.2) is 9.18 Å². The SMILES string of the molecule is C.O=C1Nc2ccc(F)c3c(N4CCNC4=O)cc(-c4ccc[nH]4)c1c23. The summed E-state index contributed by atoms with van der Waals surface area (Å²) in [7, 11) is 0. The van der Waals surface area contributed by atoms with Crippen molar-refractivity contribution in [3.05, 3.63) is 47.9 Å². The first-order valence-corrected chi connectivity index (χ1v) is 7.95. The second kappa shape index (κ2) is 5.59. The molecular weight excluding hydrogens is 335 g/mol. The molecule has 1 aromatic heterocycles. The molecule has 3 heterocycles. The van der Waals surface area contributed by atoms with Crippen molar-refractivity contribution in [3.8, 4) is 11.3 Å². The zero-order valence-electron chi connectivity index (χ0n) is 13.0. The summed E-state index contributed by atoms with van der Waals surface area (Å²) in [5, 5.41) is 6.34. The Kier molecular flexibility index (Phi) is 3.47. The number of anilines is 2. The Labute approximate surface area is 149 Å². The summed E-state index contributed by atoms with van der Waals surface area (Å²) in [5.74, 6) is -0.725. The molecular formula is C19H17FN4O2. The average molecular weight is 352 g/mol. The lowest BCUT2D eigenvalue weighted by Crippen LogP contribution is -2.28. The van der Waals surface area contributed by atoms with Gasteiger partial charge >= 0.3 is 6.03 Å². The first kappa shape index (κ1) is 16.1. The largest absolute Gasteiger partial charge is 0.361 e. The molecule has 1 fully saturated rings. The van der Waals surface area contributed by atoms with Crippen molar-refractivity contribution in [2.75, 3.05) is 23.3 Å². The fraction of sp³-hybridized carbons (Fsp3) is 0.158. The molecule has 5 rings (SSSR count). The van der Waals surface area contributed by atoms with Crippen LogP contribution in [-0.2, 0) is 0 Å². The fourth-order valence-corrected chi connectivity index (χ4v) is 3.65. The quantitative estimate of drug-likeness (QED) is 0.658. The van der Waals surface area contributed by atoms with E-state index in [1.165, 1.54) is 11.0 Å². The number of aromatic nitrogens is 1. The van der Waals surface area contributed by atoms with Crippen LogP contribution >= 0.6 is 0 Å². The molecule has 2 aliphatic heterocycles. The molecule has 3 amide bonds. The van der Waals surface area contributed by atoms with Crippen molar-refractivity contribution in [2.24, 2.45) is 0 Å². The van der Waals surface area contributed by atoms with E-state index in [1.54, 1.807) is 18.3 Å². The number of amides is 3. The summed E-state index contributed by atoms with van der Waals surface area (Å²) >= 11 is 0. The third-order valence-corrected chi connectivity index (χ3v) is 4.72. The Morgan fingerprint density at radius 1 is 1.12 bits per heavy atom. The molecule has 3 aromatic rings. The zero-order valence-corrected chi connectivity index (χ0v) is 13.0. The second-order valence-electron chi connectivity index (χ2n) is 6.08. The van der Waals surface area contributed by atoms with Crippen LogP contribution in [0, 0.1) is 5.82 Å². The summed E-state index contributed by atoms with van der Waals surface area (Å²) in [4.78, 5) is 29.3. The van der Waals surface area contributed by atoms with E-state index >= 15 is 0 Å². The van der Waals surface area contributed by atoms with Crippen LogP contribution in [-0.4, -0.2) is 30.0 Å². The van der Waals surface area contributed by atoms with Gasteiger partial charge in [-0.05, 0) is 30.3 Å². The van der Waals surface area contributed by atoms with E-state index in [2.05, 4.69) is 15.6 Å². The molecule has 0 saturated carbocycles. The van der Waals surface area contributed by atoms with Crippen molar-refractivity contribution in [2.45, 2.75) is 7.43 Å². The lowest BCUT2D eigenvalue weighted by Gasteiger charge is -2.19. The molecule has 132 valence electrons. The normalized spacial score (nSPS) is 15.2. The minimum Gasteiger partial charge on any atom is -0.361 e. The standard InChI is InChI=1S/C18H13FN4O2.CH4/c19-10-3-4-12-16-14(17(24)22-12)9(11-2-1-5-20-11)8-13(15(10)16)23-7-6-21-18(23)25;/h1-5,8,20H,6-7H2,(H,21,25)(H,22,24);1H4. The van der Waals surface area contributed by atoms with E-state index in [-0.39, 0.29) is 19.4 Å². The van der Waals surface area contributed by atoms with Crippen molar-refractivity contribution in [3.63, 3.8) is 0 Å². The maximum Gasteiger partial charge on any atom is 0.322 e. The van der Waals surface area contributed by atoms with Crippen LogP contribution < -0.4 is 15.5 Å². The van der Waals surface area contributed by atoms with Crippen LogP contribution in [0.3, 0.4) is 0 Å². The highest BCUT2D eigenvalue weighted by Gasteiger charge is 2.32. The van der Waals surface area contributed by atoms with Crippen LogP contribution in [0.1, 0.15) is 17.8 Å². The number of H-pyrrole nitrogens is 1. The Hall–Kier alpha value is -3.35. The maximum absolute atomic E-state index is 14.7. The number of nitrogens with one attached hydrogen (secondary N) is 3. The van der Waals surface area contributed by atoms with Crippen LogP contribution in [0.2, 0.25) is 0 Å². The second-order valence-corrected chi connectivity index (χ2v) is 6.08. The Morgan fingerprint density at radius 2 is 1.96 bits per heavy atom. The smallest absolute Gasteiger partial charge is 0.322 e. The summed E-state index contributed by atoms with van der Waals surface area (Å²) in [6, 6.07) is 7.99. The van der Waals surface area contributed by atoms with Gasteiger partial charge in [0, 0.05) is 47.0 Å². The summed E-state index contributed by atoms with van der Waals surface area (Å²) < 4.78 is 14.7. The van der Waals surface area contributed by atoms with Gasteiger partial charge in [-0.15, -0.1) is 0 Å². The summed E-state index contributed by atoms with van der Waals surface area (Å²) in [6.07, 6.45) is 1.76. The highest BCUT2D eigenvalue weighted by atomic mass is 19.1. The molecule has 2 aliphatic rings. The van der Waals surface area contributed by atoms with Gasteiger partial charge in [0.15, 0.2) is 0 Å². The first-order chi connectivity index (χ1) is 12.1. The number of benzene rings is 2. The molecule has 7 heteroatoms. The molecule has 3 N–H and O–H groups in total. The zero-order chi connectivity index (χ0) is 17.1. The van der Waals surface area contributed by atoms with Crippen molar-refractivity contribution in [1.82, 2.24) is 10.3 Å². The van der Waals surface area contributed by atoms with Crippen molar-refractivity contribution < 1.29 is 14.0 Å². The minimum absolute atomic E-state index is 0. The van der Waals surface area contributed by atoms with Crippen molar-refractivity contribution >= 4 is 34.1 Å². The number of halogens is 1. The number of rotatable bonds is 2. The number of carbonyl (C=O) groups is 2. The monoisotopic (exact) mass is 352 g/mol. The van der Waals surface area contributed by atoms with Gasteiger partial charge < -0.3 is 15.6 Å². The number of hydrogen-bond donors (Lipinski definition) is 3. The number of carbonyl (C=O) groups excluding carboxylic acids is 2. The Morgan fingerprint density at radius 3 is 2.65 bits per heavy atom. The molecule has 0 unspecified atom stereocenters. The number of aromatic amines is 1. The van der Waals surface area contributed by atoms with Crippen molar-refractivity contribution in [1.29, 1.82) is 0 Å². The molecule has 1 saturated heterocycles. The predicted octanol–water partition coefficient (Wildman–Crippen LogP) is 3.71. The molecule has 6 nitrogen and oxygen atoms in total. The number of urea groups is 1. The molecule has 2 aromatic carbocycles. The van der Waals surface area contributed by atoms with Crippen LogP contribution in [0.25, 0.3) is 22.0 Å². The predicted molar refractivity (Wildman–Crippen MR) is 99.1 cm³/mol. The van der Waals surface area contributed by atoms with E-state index in [1.807, 2.05) is 12.1 Å². The van der Waals surface area contributed by atoms with Crippen LogP contribution in [0.5, 0.6) is 0 Å². The lowest BCUT2D eigenvalue weighted by atomic mass is 9.95. The van der Waals surface area contributed by atoms with E-state index in [4.69, 9.17) is 0 Å². The van der Waals surface area contributed by atoms with Gasteiger partial charge in [-0.2, -0.15) is 0 Å². The van der Waals surface area contributed by atoms with E-state index < -0.39 is 5.82 Å². The van der Waals surface area contributed by atoms with Gasteiger partial charge in [0.05, 0.1) is 11.3 Å². The van der Waals surface area contributed by atoms with Gasteiger partial charge in [0.25, 0.3) is 5.91 Å². The third kappa shape index (κ3) is 2.03. The Balaban J connectivity index is 0.00000168. The molecule has 0 spiro atoms. The maximum atomic E-state index is 14.7. The van der Waals surface area contributed by atoms with Crippen LogP contribution in [0.15, 0.2) is 36.5 Å². The van der Waals surface area contributed by atoms with E-state index in [0.717, 1.165) is 5.69 Å². The number of hydrogen-bond acceptors (Lipinski definition) is 2. The highest BCUT2D eigenvalue weighted by molar-refractivity contribution is 6.29. The van der Waals surface area contributed by atoms with Gasteiger partial charge in [-0.3, -0.25) is 9.69 Å². The summed E-state index contributed by atoms with van der Waals surface area (Å²) in [5.41, 5.74) is 2.84. The third-order valence-electron chi connectivity index (χ3n) is 4.72. The molecule has 26 heavy (non-hydrogen) atoms. The first-order valence-electron chi connectivity index (χ1n) is 7.95. The van der Waals surface area contributed by atoms with Gasteiger partial charge in [-0.1, -0.05) is 7.43 Å². The van der Waals surface area contributed by atoms with Gasteiger partial charge in [0.1, 0.15) is 5.82 Å². The average Bonchev–Trinajstić information content (AvgIpc) is 3.32. The Bertz CT molecular complexity index is 1060. The molecule has 0 bridgehead atoms. The lowest BCUT2D eigenvalue weighted by molar-refractivity contribution is 0.103. The molecule has 0 radical (unpaired) electrons. The van der Waals surface area contributed by atoms with E-state index in [9.17, 15) is 14.0 Å². The van der Waals surface area contributed by atoms with E-state index in [0.29, 0.717) is 46.4 Å². The topological polar surface area (TPSA) is 77.2 Å².